The van der Waals surface area contributed by atoms with E-state index in [4.69, 9.17) is 0 Å². The van der Waals surface area contributed by atoms with Crippen LogP contribution < -0.4 is 4.90 Å². The van der Waals surface area contributed by atoms with Crippen molar-refractivity contribution < 1.29 is 9.50 Å². The number of rotatable bonds is 4. The summed E-state index contributed by atoms with van der Waals surface area (Å²) in [6.07, 6.45) is -0.633. The van der Waals surface area contributed by atoms with Crippen molar-refractivity contribution in [3.8, 4) is 0 Å². The molecule has 0 saturated heterocycles. The van der Waals surface area contributed by atoms with Gasteiger partial charge in [-0.3, -0.25) is 0 Å². The number of halogens is 1. The van der Waals surface area contributed by atoms with E-state index >= 15 is 0 Å². The molecule has 1 aromatic rings. The minimum atomic E-state index is -0.633. The van der Waals surface area contributed by atoms with Crippen LogP contribution in [0.25, 0.3) is 0 Å². The van der Waals surface area contributed by atoms with E-state index in [0.29, 0.717) is 17.2 Å². The van der Waals surface area contributed by atoms with Gasteiger partial charge in [0.15, 0.2) is 0 Å². The van der Waals surface area contributed by atoms with Crippen molar-refractivity contribution in [1.29, 1.82) is 0 Å². The van der Waals surface area contributed by atoms with Gasteiger partial charge in [-0.2, -0.15) is 0 Å². The molecule has 1 aromatic carbocycles. The van der Waals surface area contributed by atoms with Crippen LogP contribution in [0.15, 0.2) is 18.2 Å². The van der Waals surface area contributed by atoms with Gasteiger partial charge in [-0.25, -0.2) is 4.39 Å². The summed E-state index contributed by atoms with van der Waals surface area (Å²) in [4.78, 5) is 1.94. The standard InChI is InChI=1S/C14H22FNO/c1-9(2)10(3)16(5)14-7-6-12(11(4)17)8-13(14)15/h6-11,17H,1-5H3/t10?,11-/m1/s1. The molecule has 0 spiro atoms. The maximum atomic E-state index is 13.9. The lowest BCUT2D eigenvalue weighted by molar-refractivity contribution is 0.199. The van der Waals surface area contributed by atoms with E-state index in [9.17, 15) is 9.50 Å². The van der Waals surface area contributed by atoms with Gasteiger partial charge in [0.05, 0.1) is 11.8 Å². The Morgan fingerprint density at radius 2 is 1.76 bits per heavy atom. The van der Waals surface area contributed by atoms with E-state index in [1.54, 1.807) is 19.1 Å². The van der Waals surface area contributed by atoms with Gasteiger partial charge in [-0.1, -0.05) is 19.9 Å². The van der Waals surface area contributed by atoms with Crippen molar-refractivity contribution in [2.45, 2.75) is 39.8 Å². The summed E-state index contributed by atoms with van der Waals surface area (Å²) in [6.45, 7) is 7.94. The van der Waals surface area contributed by atoms with E-state index in [2.05, 4.69) is 20.8 Å². The average molecular weight is 239 g/mol. The topological polar surface area (TPSA) is 23.5 Å². The Bertz CT molecular complexity index is 376. The van der Waals surface area contributed by atoms with Crippen LogP contribution in [0.3, 0.4) is 0 Å². The molecule has 0 saturated carbocycles. The Balaban J connectivity index is 2.99. The summed E-state index contributed by atoms with van der Waals surface area (Å²) in [5.74, 6) is 0.175. The van der Waals surface area contributed by atoms with Crippen molar-refractivity contribution in [3.63, 3.8) is 0 Å². The van der Waals surface area contributed by atoms with Gasteiger partial charge in [-0.05, 0) is 37.5 Å². The molecule has 2 nitrogen and oxygen atoms in total. The quantitative estimate of drug-likeness (QED) is 0.871. The highest BCUT2D eigenvalue weighted by Crippen LogP contribution is 2.25. The zero-order valence-corrected chi connectivity index (χ0v) is 11.2. The largest absolute Gasteiger partial charge is 0.389 e. The number of anilines is 1. The van der Waals surface area contributed by atoms with Gasteiger partial charge < -0.3 is 10.0 Å². The lowest BCUT2D eigenvalue weighted by Gasteiger charge is -2.30. The van der Waals surface area contributed by atoms with Crippen LogP contribution in [-0.4, -0.2) is 18.2 Å². The fraction of sp³-hybridized carbons (Fsp3) is 0.571. The first-order valence-electron chi connectivity index (χ1n) is 6.05. The summed E-state index contributed by atoms with van der Waals surface area (Å²) in [5.41, 5.74) is 1.19. The molecular formula is C14H22FNO. The molecule has 1 rings (SSSR count). The van der Waals surface area contributed by atoms with Gasteiger partial charge in [-0.15, -0.1) is 0 Å². The lowest BCUT2D eigenvalue weighted by Crippen LogP contribution is -2.33. The van der Waals surface area contributed by atoms with Crippen molar-refractivity contribution >= 4 is 5.69 Å². The highest BCUT2D eigenvalue weighted by atomic mass is 19.1. The molecule has 96 valence electrons. The molecule has 0 heterocycles. The summed E-state index contributed by atoms with van der Waals surface area (Å²) in [6, 6.07) is 5.17. The Morgan fingerprint density at radius 3 is 2.18 bits per heavy atom. The minimum absolute atomic E-state index is 0.266. The first-order chi connectivity index (χ1) is 7.84. The SMILES string of the molecule is CC(C)C(C)N(C)c1ccc([C@@H](C)O)cc1F. The fourth-order valence-electron chi connectivity index (χ4n) is 1.74. The molecule has 0 radical (unpaired) electrons. The third kappa shape index (κ3) is 3.19. The second-order valence-electron chi connectivity index (χ2n) is 4.98. The average Bonchev–Trinajstić information content (AvgIpc) is 2.26. The minimum Gasteiger partial charge on any atom is -0.389 e. The van der Waals surface area contributed by atoms with Crippen LogP contribution in [0.2, 0.25) is 0 Å². The van der Waals surface area contributed by atoms with Gasteiger partial charge in [0.2, 0.25) is 0 Å². The van der Waals surface area contributed by atoms with Crippen molar-refractivity contribution in [2.75, 3.05) is 11.9 Å². The van der Waals surface area contributed by atoms with Crippen LogP contribution >= 0.6 is 0 Å². The first kappa shape index (κ1) is 14.0. The van der Waals surface area contributed by atoms with Gasteiger partial charge in [0, 0.05) is 13.1 Å². The zero-order valence-electron chi connectivity index (χ0n) is 11.2. The van der Waals surface area contributed by atoms with E-state index in [1.807, 2.05) is 11.9 Å². The van der Waals surface area contributed by atoms with Crippen LogP contribution in [0, 0.1) is 11.7 Å². The summed E-state index contributed by atoms with van der Waals surface area (Å²) in [5, 5.41) is 9.39. The Morgan fingerprint density at radius 1 is 1.18 bits per heavy atom. The number of nitrogens with zero attached hydrogens (tertiary/aromatic N) is 1. The molecule has 1 unspecified atom stereocenters. The Hall–Kier alpha value is -1.09. The molecule has 0 aliphatic rings. The molecular weight excluding hydrogens is 217 g/mol. The molecule has 3 heteroatoms. The van der Waals surface area contributed by atoms with Crippen molar-refractivity contribution in [2.24, 2.45) is 5.92 Å². The second kappa shape index (κ2) is 5.50. The second-order valence-corrected chi connectivity index (χ2v) is 4.98. The fourth-order valence-corrected chi connectivity index (χ4v) is 1.74. The molecule has 0 aliphatic heterocycles. The van der Waals surface area contributed by atoms with E-state index in [1.165, 1.54) is 6.07 Å². The van der Waals surface area contributed by atoms with Crippen LogP contribution in [0.4, 0.5) is 10.1 Å². The summed E-state index contributed by atoms with van der Waals surface area (Å²) >= 11 is 0. The normalized spacial score (nSPS) is 14.8. The van der Waals surface area contributed by atoms with Crippen molar-refractivity contribution in [1.82, 2.24) is 0 Å². The molecule has 0 amide bonds. The molecule has 2 atom stereocenters. The number of hydrogen-bond acceptors (Lipinski definition) is 2. The first-order valence-corrected chi connectivity index (χ1v) is 6.05. The smallest absolute Gasteiger partial charge is 0.146 e. The molecule has 0 aliphatic carbocycles. The third-order valence-corrected chi connectivity index (χ3v) is 3.41. The van der Waals surface area contributed by atoms with E-state index < -0.39 is 6.10 Å². The maximum Gasteiger partial charge on any atom is 0.146 e. The number of aliphatic hydroxyl groups is 1. The lowest BCUT2D eigenvalue weighted by atomic mass is 10.0. The number of hydrogen-bond donors (Lipinski definition) is 1. The van der Waals surface area contributed by atoms with Crippen molar-refractivity contribution in [3.05, 3.63) is 29.6 Å². The molecule has 0 bridgehead atoms. The van der Waals surface area contributed by atoms with Crippen LogP contribution in [0.5, 0.6) is 0 Å². The van der Waals surface area contributed by atoms with Gasteiger partial charge in [0.25, 0.3) is 0 Å². The van der Waals surface area contributed by atoms with E-state index in [0.717, 1.165) is 0 Å². The summed E-state index contributed by atoms with van der Waals surface area (Å²) in [7, 11) is 1.89. The number of aliphatic hydroxyl groups excluding tert-OH is 1. The van der Waals surface area contributed by atoms with Crippen LogP contribution in [-0.2, 0) is 0 Å². The van der Waals surface area contributed by atoms with Crippen LogP contribution in [0.1, 0.15) is 39.4 Å². The predicted octanol–water partition coefficient (Wildman–Crippen LogP) is 3.36. The zero-order chi connectivity index (χ0) is 13.2. The molecule has 17 heavy (non-hydrogen) atoms. The maximum absolute atomic E-state index is 13.9. The highest BCUT2D eigenvalue weighted by molar-refractivity contribution is 5.49. The van der Waals surface area contributed by atoms with Gasteiger partial charge in [0.1, 0.15) is 5.82 Å². The Kier molecular flexibility index (Phi) is 4.52. The molecule has 0 fully saturated rings. The highest BCUT2D eigenvalue weighted by Gasteiger charge is 2.17. The predicted molar refractivity (Wildman–Crippen MR) is 69.7 cm³/mol. The van der Waals surface area contributed by atoms with Gasteiger partial charge >= 0.3 is 0 Å². The third-order valence-electron chi connectivity index (χ3n) is 3.41. The monoisotopic (exact) mass is 239 g/mol. The molecule has 1 N–H and O–H groups in total. The Labute approximate surface area is 103 Å². The van der Waals surface area contributed by atoms with E-state index in [-0.39, 0.29) is 11.9 Å². The molecule has 0 aromatic heterocycles. The number of benzene rings is 1. The summed E-state index contributed by atoms with van der Waals surface area (Å²) < 4.78 is 13.9.